The second kappa shape index (κ2) is 8.78. The molecule has 2 amide bonds. The first kappa shape index (κ1) is 19.6. The fraction of sp³-hybridized carbons (Fsp3) is 0.500. The average molecular weight is 395 g/mol. The monoisotopic (exact) mass is 394 g/mol. The number of anilines is 3. The minimum absolute atomic E-state index is 0.00134. The molecule has 4 rings (SSSR count). The Bertz CT molecular complexity index is 819. The first-order valence-corrected chi connectivity index (χ1v) is 10.5. The van der Waals surface area contributed by atoms with Crippen molar-refractivity contribution in [2.24, 2.45) is 5.92 Å². The second-order valence-electron chi connectivity index (χ2n) is 8.27. The van der Waals surface area contributed by atoms with Crippen LogP contribution in [-0.4, -0.2) is 59.7 Å². The Hall–Kier alpha value is -2.67. The van der Waals surface area contributed by atoms with Crippen molar-refractivity contribution in [3.63, 3.8) is 0 Å². The van der Waals surface area contributed by atoms with Crippen molar-refractivity contribution in [1.29, 1.82) is 0 Å². The van der Waals surface area contributed by atoms with Crippen LogP contribution < -0.4 is 15.1 Å². The molecule has 2 aromatic rings. The molecule has 0 aliphatic carbocycles. The fourth-order valence-electron chi connectivity index (χ4n) is 4.27. The summed E-state index contributed by atoms with van der Waals surface area (Å²) in [5.41, 5.74) is 1.90. The Balaban J connectivity index is 1.43. The van der Waals surface area contributed by atoms with Gasteiger partial charge in [0.25, 0.3) is 0 Å². The smallest absolute Gasteiger partial charge is 0.322 e. The van der Waals surface area contributed by atoms with Crippen LogP contribution in [0.15, 0.2) is 42.9 Å². The first-order chi connectivity index (χ1) is 14.1. The van der Waals surface area contributed by atoms with Crippen LogP contribution in [0.25, 0.3) is 0 Å². The molecule has 1 saturated heterocycles. The molecule has 3 heterocycles. The Labute approximate surface area is 172 Å². The average Bonchev–Trinajstić information content (AvgIpc) is 2.74. The Morgan fingerprint density at radius 3 is 2.55 bits per heavy atom. The number of benzene rings is 1. The number of rotatable bonds is 4. The highest BCUT2D eigenvalue weighted by Gasteiger charge is 2.30. The largest absolute Gasteiger partial charge is 0.335 e. The number of carbonyl (C=O) groups is 1. The van der Waals surface area contributed by atoms with E-state index in [0.29, 0.717) is 19.0 Å². The van der Waals surface area contributed by atoms with E-state index in [-0.39, 0.29) is 12.1 Å². The number of carbonyl (C=O) groups excluding carboxylic acids is 1. The van der Waals surface area contributed by atoms with Gasteiger partial charge in [-0.25, -0.2) is 9.78 Å². The lowest BCUT2D eigenvalue weighted by atomic mass is 10.0. The molecule has 0 atom stereocenters. The molecule has 0 unspecified atom stereocenters. The Morgan fingerprint density at radius 2 is 1.86 bits per heavy atom. The number of piperidine rings is 1. The maximum atomic E-state index is 13.1. The molecular formula is C22H30N6O. The van der Waals surface area contributed by atoms with E-state index >= 15 is 0 Å². The summed E-state index contributed by atoms with van der Waals surface area (Å²) in [4.78, 5) is 28.2. The van der Waals surface area contributed by atoms with Gasteiger partial charge in [-0.05, 0) is 30.9 Å². The van der Waals surface area contributed by atoms with Crippen LogP contribution in [0.1, 0.15) is 26.7 Å². The Morgan fingerprint density at radius 1 is 1.10 bits per heavy atom. The molecule has 1 N–H and O–H groups in total. The number of hydrogen-bond acceptors (Lipinski definition) is 5. The van der Waals surface area contributed by atoms with Crippen LogP contribution in [0.4, 0.5) is 22.0 Å². The van der Waals surface area contributed by atoms with Crippen LogP contribution in [-0.2, 0) is 0 Å². The number of nitrogens with zero attached hydrogens (tertiary/aromatic N) is 5. The highest BCUT2D eigenvalue weighted by molar-refractivity contribution is 5.97. The number of aromatic nitrogens is 2. The molecule has 0 spiro atoms. The number of urea groups is 1. The molecule has 2 aliphatic rings. The molecule has 1 fully saturated rings. The lowest BCUT2D eigenvalue weighted by molar-refractivity contribution is 0.179. The third-order valence-electron chi connectivity index (χ3n) is 5.62. The van der Waals surface area contributed by atoms with Crippen molar-refractivity contribution >= 4 is 23.2 Å². The quantitative estimate of drug-likeness (QED) is 0.862. The van der Waals surface area contributed by atoms with Gasteiger partial charge in [0.15, 0.2) is 5.82 Å². The molecule has 29 heavy (non-hydrogen) atoms. The van der Waals surface area contributed by atoms with Gasteiger partial charge in [0.2, 0.25) is 0 Å². The number of para-hydroxylation sites is 2. The summed E-state index contributed by atoms with van der Waals surface area (Å²) in [7, 11) is 0. The number of nitrogens with one attached hydrogen (secondary N) is 1. The standard InChI is InChI=1S/C22H30N6O/c1-17(2)16-26-11-7-18(8-12-26)25-22(29)28-14-13-27(21-15-23-9-10-24-21)19-5-3-4-6-20(19)28/h3-6,9-10,15,17-18H,7-8,11-14,16H2,1-2H3,(H,25,29). The molecular weight excluding hydrogens is 364 g/mol. The SMILES string of the molecule is CC(C)CN1CCC(NC(=O)N2CCN(c3cnccn3)c3ccccc32)CC1. The van der Waals surface area contributed by atoms with Crippen molar-refractivity contribution in [3.05, 3.63) is 42.9 Å². The van der Waals surface area contributed by atoms with E-state index in [0.717, 1.165) is 49.7 Å². The number of fused-ring (bicyclic) bond motifs is 1. The van der Waals surface area contributed by atoms with Gasteiger partial charge in [-0.1, -0.05) is 26.0 Å². The molecule has 1 aromatic carbocycles. The van der Waals surface area contributed by atoms with E-state index in [2.05, 4.69) is 38.9 Å². The van der Waals surface area contributed by atoms with Crippen molar-refractivity contribution < 1.29 is 4.79 Å². The summed E-state index contributed by atoms with van der Waals surface area (Å²) < 4.78 is 0. The van der Waals surface area contributed by atoms with Crippen LogP contribution in [0.5, 0.6) is 0 Å². The third-order valence-corrected chi connectivity index (χ3v) is 5.62. The van der Waals surface area contributed by atoms with Crippen LogP contribution in [0, 0.1) is 5.92 Å². The van der Waals surface area contributed by atoms with Gasteiger partial charge in [0.05, 0.1) is 17.6 Å². The fourth-order valence-corrected chi connectivity index (χ4v) is 4.27. The van der Waals surface area contributed by atoms with Gasteiger partial charge >= 0.3 is 6.03 Å². The predicted octanol–water partition coefficient (Wildman–Crippen LogP) is 3.26. The first-order valence-electron chi connectivity index (χ1n) is 10.5. The van der Waals surface area contributed by atoms with E-state index in [9.17, 15) is 4.79 Å². The van der Waals surface area contributed by atoms with Crippen molar-refractivity contribution in [2.75, 3.05) is 42.5 Å². The molecule has 7 nitrogen and oxygen atoms in total. The summed E-state index contributed by atoms with van der Waals surface area (Å²) >= 11 is 0. The highest BCUT2D eigenvalue weighted by Crippen LogP contribution is 2.36. The van der Waals surface area contributed by atoms with E-state index in [1.165, 1.54) is 0 Å². The van der Waals surface area contributed by atoms with Gasteiger partial charge in [-0.2, -0.15) is 0 Å². The Kier molecular flexibility index (Phi) is 5.94. The minimum atomic E-state index is -0.00134. The maximum absolute atomic E-state index is 13.1. The van der Waals surface area contributed by atoms with E-state index in [1.54, 1.807) is 18.6 Å². The summed E-state index contributed by atoms with van der Waals surface area (Å²) in [6, 6.07) is 8.25. The summed E-state index contributed by atoms with van der Waals surface area (Å²) in [6.07, 6.45) is 7.16. The molecule has 1 aromatic heterocycles. The van der Waals surface area contributed by atoms with Gasteiger partial charge < -0.3 is 15.1 Å². The number of hydrogen-bond donors (Lipinski definition) is 1. The zero-order valence-corrected chi connectivity index (χ0v) is 17.3. The highest BCUT2D eigenvalue weighted by atomic mass is 16.2. The molecule has 0 bridgehead atoms. The van der Waals surface area contributed by atoms with Gasteiger partial charge in [0, 0.05) is 51.2 Å². The van der Waals surface area contributed by atoms with Crippen LogP contribution in [0.3, 0.4) is 0 Å². The van der Waals surface area contributed by atoms with Gasteiger partial charge in [0.1, 0.15) is 0 Å². The summed E-state index contributed by atoms with van der Waals surface area (Å²) in [5, 5.41) is 3.27. The van der Waals surface area contributed by atoms with Crippen molar-refractivity contribution in [1.82, 2.24) is 20.2 Å². The zero-order chi connectivity index (χ0) is 20.2. The van der Waals surface area contributed by atoms with Crippen molar-refractivity contribution in [2.45, 2.75) is 32.7 Å². The molecule has 7 heteroatoms. The van der Waals surface area contributed by atoms with Crippen LogP contribution in [0.2, 0.25) is 0 Å². The second-order valence-corrected chi connectivity index (χ2v) is 8.27. The molecule has 154 valence electrons. The van der Waals surface area contributed by atoms with Gasteiger partial charge in [-0.3, -0.25) is 9.88 Å². The normalized spacial score (nSPS) is 18.0. The number of likely N-dealkylation sites (tertiary alicyclic amines) is 1. The van der Waals surface area contributed by atoms with Crippen molar-refractivity contribution in [3.8, 4) is 0 Å². The lowest BCUT2D eigenvalue weighted by Gasteiger charge is -2.38. The zero-order valence-electron chi connectivity index (χ0n) is 17.3. The minimum Gasteiger partial charge on any atom is -0.335 e. The molecule has 0 radical (unpaired) electrons. The lowest BCUT2D eigenvalue weighted by Crippen LogP contribution is -2.52. The topological polar surface area (TPSA) is 64.6 Å². The van der Waals surface area contributed by atoms with Gasteiger partial charge in [-0.15, -0.1) is 0 Å². The molecule has 2 aliphatic heterocycles. The van der Waals surface area contributed by atoms with E-state index in [4.69, 9.17) is 0 Å². The van der Waals surface area contributed by atoms with Crippen LogP contribution >= 0.6 is 0 Å². The molecule has 0 saturated carbocycles. The predicted molar refractivity (Wildman–Crippen MR) is 116 cm³/mol. The summed E-state index contributed by atoms with van der Waals surface area (Å²) in [6.45, 7) is 9.07. The number of amides is 2. The maximum Gasteiger partial charge on any atom is 0.322 e. The van der Waals surface area contributed by atoms with E-state index < -0.39 is 0 Å². The third kappa shape index (κ3) is 4.50. The summed E-state index contributed by atoms with van der Waals surface area (Å²) in [5.74, 6) is 1.49. The van der Waals surface area contributed by atoms with E-state index in [1.807, 2.05) is 29.2 Å².